The predicted molar refractivity (Wildman–Crippen MR) is 66.3 cm³/mol. The van der Waals surface area contributed by atoms with Gasteiger partial charge in [-0.2, -0.15) is 5.10 Å². The highest BCUT2D eigenvalue weighted by molar-refractivity contribution is 5.41. The molecule has 1 aromatic heterocycles. The summed E-state index contributed by atoms with van der Waals surface area (Å²) in [5, 5.41) is 4.31. The molecule has 2 N–H and O–H groups in total. The molecule has 0 saturated carbocycles. The molecular weight excluding hydrogens is 198 g/mol. The third-order valence-electron chi connectivity index (χ3n) is 2.90. The van der Waals surface area contributed by atoms with Gasteiger partial charge < -0.3 is 5.73 Å². The standard InChI is InChI=1S/C13H17N3/c1-3-13-12(14)8-15-16(13)9-11-7-5-4-6-10(11)2/h4-8H,3,9,14H2,1-2H3. The first-order chi connectivity index (χ1) is 7.72. The summed E-state index contributed by atoms with van der Waals surface area (Å²) in [6.07, 6.45) is 2.65. The molecule has 1 aromatic carbocycles. The first-order valence-corrected chi connectivity index (χ1v) is 5.57. The summed E-state index contributed by atoms with van der Waals surface area (Å²) < 4.78 is 1.98. The minimum atomic E-state index is 0.788. The number of hydrogen-bond acceptors (Lipinski definition) is 2. The Kier molecular flexibility index (Phi) is 2.95. The number of anilines is 1. The summed E-state index contributed by atoms with van der Waals surface area (Å²) in [5.74, 6) is 0. The molecule has 2 rings (SSSR count). The smallest absolute Gasteiger partial charge is 0.0733 e. The lowest BCUT2D eigenvalue weighted by Crippen LogP contribution is -2.07. The molecule has 3 heteroatoms. The third kappa shape index (κ3) is 1.94. The summed E-state index contributed by atoms with van der Waals surface area (Å²) in [6, 6.07) is 8.36. The highest BCUT2D eigenvalue weighted by atomic mass is 15.3. The molecule has 0 aliphatic carbocycles. The highest BCUT2D eigenvalue weighted by Crippen LogP contribution is 2.15. The van der Waals surface area contributed by atoms with Crippen molar-refractivity contribution in [2.24, 2.45) is 0 Å². The molecule has 1 heterocycles. The van der Waals surface area contributed by atoms with Crippen LogP contribution in [0.2, 0.25) is 0 Å². The molecule has 84 valence electrons. The molecule has 16 heavy (non-hydrogen) atoms. The van der Waals surface area contributed by atoms with Crippen LogP contribution in [0.25, 0.3) is 0 Å². The number of nitrogens with two attached hydrogens (primary N) is 1. The highest BCUT2D eigenvalue weighted by Gasteiger charge is 2.07. The fourth-order valence-electron chi connectivity index (χ4n) is 1.90. The maximum Gasteiger partial charge on any atom is 0.0733 e. The van der Waals surface area contributed by atoms with Gasteiger partial charge in [-0.15, -0.1) is 0 Å². The van der Waals surface area contributed by atoms with Crippen molar-refractivity contribution in [1.29, 1.82) is 0 Å². The van der Waals surface area contributed by atoms with Crippen LogP contribution in [0.4, 0.5) is 5.69 Å². The topological polar surface area (TPSA) is 43.8 Å². The quantitative estimate of drug-likeness (QED) is 0.854. The van der Waals surface area contributed by atoms with Gasteiger partial charge in [0.2, 0.25) is 0 Å². The molecule has 2 aromatic rings. The van der Waals surface area contributed by atoms with Gasteiger partial charge >= 0.3 is 0 Å². The molecule has 0 radical (unpaired) electrons. The van der Waals surface area contributed by atoms with E-state index in [2.05, 4.69) is 43.2 Å². The Bertz CT molecular complexity index is 486. The lowest BCUT2D eigenvalue weighted by atomic mass is 10.1. The van der Waals surface area contributed by atoms with E-state index in [4.69, 9.17) is 5.73 Å². The minimum Gasteiger partial charge on any atom is -0.396 e. The van der Waals surface area contributed by atoms with E-state index in [0.29, 0.717) is 0 Å². The van der Waals surface area contributed by atoms with E-state index in [-0.39, 0.29) is 0 Å². The summed E-state index contributed by atoms with van der Waals surface area (Å²) in [6.45, 7) is 5.02. The van der Waals surface area contributed by atoms with Gasteiger partial charge in [0.15, 0.2) is 0 Å². The number of nitrogens with zero attached hydrogens (tertiary/aromatic N) is 2. The zero-order chi connectivity index (χ0) is 11.5. The Morgan fingerprint density at radius 2 is 2.06 bits per heavy atom. The Morgan fingerprint density at radius 3 is 2.75 bits per heavy atom. The molecule has 0 spiro atoms. The van der Waals surface area contributed by atoms with Crippen LogP contribution in [-0.4, -0.2) is 9.78 Å². The van der Waals surface area contributed by atoms with Gasteiger partial charge in [-0.05, 0) is 24.5 Å². The van der Waals surface area contributed by atoms with Gasteiger partial charge in [0.25, 0.3) is 0 Å². The molecule has 0 atom stereocenters. The fourth-order valence-corrected chi connectivity index (χ4v) is 1.90. The van der Waals surface area contributed by atoms with Gasteiger partial charge in [0, 0.05) is 0 Å². The molecule has 0 amide bonds. The average molecular weight is 215 g/mol. The van der Waals surface area contributed by atoms with Crippen LogP contribution in [0.15, 0.2) is 30.5 Å². The molecule has 0 bridgehead atoms. The van der Waals surface area contributed by atoms with Crippen LogP contribution in [0, 0.1) is 6.92 Å². The maximum absolute atomic E-state index is 5.86. The van der Waals surface area contributed by atoms with Gasteiger partial charge in [0.05, 0.1) is 24.1 Å². The van der Waals surface area contributed by atoms with Crippen LogP contribution >= 0.6 is 0 Å². The average Bonchev–Trinajstić information content (AvgIpc) is 2.63. The van der Waals surface area contributed by atoms with Crippen molar-refractivity contribution in [3.63, 3.8) is 0 Å². The zero-order valence-electron chi connectivity index (χ0n) is 9.77. The molecule has 0 aliphatic heterocycles. The van der Waals surface area contributed by atoms with E-state index in [0.717, 1.165) is 24.3 Å². The second-order valence-corrected chi connectivity index (χ2v) is 3.98. The number of aryl methyl sites for hydroxylation is 1. The SMILES string of the molecule is CCc1c(N)cnn1Cc1ccccc1C. The summed E-state index contributed by atoms with van der Waals surface area (Å²) >= 11 is 0. The van der Waals surface area contributed by atoms with Gasteiger partial charge in [-0.1, -0.05) is 31.2 Å². The number of rotatable bonds is 3. The van der Waals surface area contributed by atoms with E-state index in [1.807, 2.05) is 4.68 Å². The summed E-state index contributed by atoms with van der Waals surface area (Å²) in [5.41, 5.74) is 10.3. The van der Waals surface area contributed by atoms with Crippen LogP contribution in [0.3, 0.4) is 0 Å². The minimum absolute atomic E-state index is 0.788. The van der Waals surface area contributed by atoms with Crippen LogP contribution in [0.1, 0.15) is 23.7 Å². The van der Waals surface area contributed by atoms with Gasteiger partial charge in [-0.25, -0.2) is 0 Å². The second kappa shape index (κ2) is 4.39. The summed E-state index contributed by atoms with van der Waals surface area (Å²) in [7, 11) is 0. The molecule has 0 aliphatic rings. The number of aromatic nitrogens is 2. The molecule has 0 saturated heterocycles. The second-order valence-electron chi connectivity index (χ2n) is 3.98. The Labute approximate surface area is 95.9 Å². The fraction of sp³-hybridized carbons (Fsp3) is 0.308. The van der Waals surface area contributed by atoms with Crippen molar-refractivity contribution < 1.29 is 0 Å². The molecule has 3 nitrogen and oxygen atoms in total. The summed E-state index contributed by atoms with van der Waals surface area (Å²) in [4.78, 5) is 0. The van der Waals surface area contributed by atoms with Crippen molar-refractivity contribution in [2.75, 3.05) is 5.73 Å². The first-order valence-electron chi connectivity index (χ1n) is 5.57. The normalized spacial score (nSPS) is 10.6. The zero-order valence-corrected chi connectivity index (χ0v) is 9.77. The van der Waals surface area contributed by atoms with Gasteiger partial charge in [0.1, 0.15) is 0 Å². The van der Waals surface area contributed by atoms with Crippen LogP contribution < -0.4 is 5.73 Å². The van der Waals surface area contributed by atoms with Crippen molar-refractivity contribution in [1.82, 2.24) is 9.78 Å². The molecule has 0 fully saturated rings. The van der Waals surface area contributed by atoms with E-state index in [1.165, 1.54) is 11.1 Å². The monoisotopic (exact) mass is 215 g/mol. The van der Waals surface area contributed by atoms with Crippen molar-refractivity contribution in [2.45, 2.75) is 26.8 Å². The Balaban J connectivity index is 2.31. The molecule has 0 unspecified atom stereocenters. The van der Waals surface area contributed by atoms with Crippen molar-refractivity contribution >= 4 is 5.69 Å². The van der Waals surface area contributed by atoms with E-state index >= 15 is 0 Å². The third-order valence-corrected chi connectivity index (χ3v) is 2.90. The number of hydrogen-bond donors (Lipinski definition) is 1. The van der Waals surface area contributed by atoms with Crippen LogP contribution in [0.5, 0.6) is 0 Å². The van der Waals surface area contributed by atoms with Crippen LogP contribution in [-0.2, 0) is 13.0 Å². The Hall–Kier alpha value is -1.77. The van der Waals surface area contributed by atoms with Crippen molar-refractivity contribution in [3.05, 3.63) is 47.3 Å². The maximum atomic E-state index is 5.86. The first kappa shape index (κ1) is 10.7. The number of nitrogen functional groups attached to an aromatic ring is 1. The van der Waals surface area contributed by atoms with E-state index in [1.54, 1.807) is 6.20 Å². The Morgan fingerprint density at radius 1 is 1.31 bits per heavy atom. The molecular formula is C13H17N3. The predicted octanol–water partition coefficient (Wildman–Crippen LogP) is 2.38. The number of benzene rings is 1. The van der Waals surface area contributed by atoms with Gasteiger partial charge in [-0.3, -0.25) is 4.68 Å². The van der Waals surface area contributed by atoms with Crippen molar-refractivity contribution in [3.8, 4) is 0 Å². The van der Waals surface area contributed by atoms with E-state index in [9.17, 15) is 0 Å². The van der Waals surface area contributed by atoms with E-state index < -0.39 is 0 Å². The lowest BCUT2D eigenvalue weighted by Gasteiger charge is -2.09. The lowest BCUT2D eigenvalue weighted by molar-refractivity contribution is 0.648. The largest absolute Gasteiger partial charge is 0.396 e.